The van der Waals surface area contributed by atoms with Crippen LogP contribution in [0.25, 0.3) is 0 Å². The van der Waals surface area contributed by atoms with Crippen molar-refractivity contribution in [1.82, 2.24) is 10.2 Å². The molecule has 0 radical (unpaired) electrons. The first-order chi connectivity index (χ1) is 10.2. The number of piperazine rings is 1. The topological polar surface area (TPSA) is 43.2 Å². The van der Waals surface area contributed by atoms with Gasteiger partial charge >= 0.3 is 0 Å². The van der Waals surface area contributed by atoms with Crippen molar-refractivity contribution in [3.63, 3.8) is 0 Å². The number of anilines is 1. The number of nitrogens with one attached hydrogen (secondary N) is 1. The Morgan fingerprint density at radius 3 is 2.76 bits per heavy atom. The predicted molar refractivity (Wildman–Crippen MR) is 82.6 cm³/mol. The smallest absolute Gasteiger partial charge is 0.172 e. The van der Waals surface area contributed by atoms with E-state index in [0.717, 1.165) is 56.6 Å². The lowest BCUT2D eigenvalue weighted by Gasteiger charge is -2.35. The van der Waals surface area contributed by atoms with Gasteiger partial charge in [0, 0.05) is 38.8 Å². The molecule has 1 fully saturated rings. The molecule has 1 aromatic carbocycles. The van der Waals surface area contributed by atoms with Gasteiger partial charge in [0.1, 0.15) is 5.82 Å². The highest BCUT2D eigenvalue weighted by molar-refractivity contribution is 6.47. The number of hydrogen-bond acceptors (Lipinski definition) is 5. The second-order valence-corrected chi connectivity index (χ2v) is 5.69. The molecule has 0 aromatic heterocycles. The normalized spacial score (nSPS) is 20.9. The third-order valence-corrected chi connectivity index (χ3v) is 4.28. The van der Waals surface area contributed by atoms with E-state index in [1.807, 2.05) is 0 Å². The minimum Gasteiger partial charge on any atom is -0.351 e. The number of fused-ring (bicyclic) bond motifs is 3. The highest BCUT2D eigenvalue weighted by atomic mass is 35.5. The SMILES string of the molecule is Fc1cc2c(cc1Cl)N1CCN=C1C(N1CCNCC1)=N2. The van der Waals surface area contributed by atoms with Crippen LogP contribution >= 0.6 is 11.6 Å². The molecule has 21 heavy (non-hydrogen) atoms. The number of amidine groups is 2. The van der Waals surface area contributed by atoms with Crippen LogP contribution in [0, 0.1) is 5.82 Å². The Labute approximate surface area is 127 Å². The zero-order valence-corrected chi connectivity index (χ0v) is 12.2. The lowest BCUT2D eigenvalue weighted by molar-refractivity contribution is 0.360. The van der Waals surface area contributed by atoms with Crippen molar-refractivity contribution in [3.05, 3.63) is 23.0 Å². The standard InChI is InChI=1S/C14H15ClFN5/c15-9-7-12-11(8-10(9)16)19-14(13-18-3-6-21(12)13)20-4-1-17-2-5-20/h7-8,17H,1-6H2. The van der Waals surface area contributed by atoms with Crippen molar-refractivity contribution in [2.45, 2.75) is 0 Å². The Morgan fingerprint density at radius 2 is 1.95 bits per heavy atom. The van der Waals surface area contributed by atoms with E-state index in [-0.39, 0.29) is 5.02 Å². The zero-order chi connectivity index (χ0) is 14.4. The predicted octanol–water partition coefficient (Wildman–Crippen LogP) is 1.65. The lowest BCUT2D eigenvalue weighted by Crippen LogP contribution is -2.52. The highest BCUT2D eigenvalue weighted by Gasteiger charge is 2.33. The molecule has 0 bridgehead atoms. The van der Waals surface area contributed by atoms with Crippen molar-refractivity contribution in [2.24, 2.45) is 9.98 Å². The second kappa shape index (κ2) is 4.96. The van der Waals surface area contributed by atoms with Gasteiger partial charge in [-0.05, 0) is 6.07 Å². The molecule has 1 saturated heterocycles. The zero-order valence-electron chi connectivity index (χ0n) is 11.4. The van der Waals surface area contributed by atoms with Gasteiger partial charge < -0.3 is 15.1 Å². The molecule has 0 unspecified atom stereocenters. The van der Waals surface area contributed by atoms with E-state index < -0.39 is 5.82 Å². The summed E-state index contributed by atoms with van der Waals surface area (Å²) < 4.78 is 13.7. The number of nitrogens with zero attached hydrogens (tertiary/aromatic N) is 4. The quantitative estimate of drug-likeness (QED) is 0.792. The van der Waals surface area contributed by atoms with Crippen LogP contribution in [-0.2, 0) is 0 Å². The summed E-state index contributed by atoms with van der Waals surface area (Å²) in [4.78, 5) is 13.5. The molecule has 1 N–H and O–H groups in total. The van der Waals surface area contributed by atoms with Gasteiger partial charge in [0.25, 0.3) is 0 Å². The van der Waals surface area contributed by atoms with E-state index in [1.54, 1.807) is 6.07 Å². The van der Waals surface area contributed by atoms with E-state index in [2.05, 4.69) is 25.1 Å². The summed E-state index contributed by atoms with van der Waals surface area (Å²) in [6.45, 7) is 5.14. The molecule has 0 aliphatic carbocycles. The van der Waals surface area contributed by atoms with Crippen LogP contribution in [-0.4, -0.2) is 55.8 Å². The van der Waals surface area contributed by atoms with E-state index >= 15 is 0 Å². The maximum absolute atomic E-state index is 13.7. The second-order valence-electron chi connectivity index (χ2n) is 5.28. The third kappa shape index (κ3) is 2.10. The lowest BCUT2D eigenvalue weighted by atomic mass is 10.2. The van der Waals surface area contributed by atoms with Crippen LogP contribution in [0.3, 0.4) is 0 Å². The summed E-state index contributed by atoms with van der Waals surface area (Å²) in [6, 6.07) is 3.06. The minimum absolute atomic E-state index is 0.126. The number of aliphatic imine (C=N–C) groups is 2. The molecule has 110 valence electrons. The van der Waals surface area contributed by atoms with Crippen molar-refractivity contribution in [1.29, 1.82) is 0 Å². The van der Waals surface area contributed by atoms with E-state index in [9.17, 15) is 4.39 Å². The summed E-state index contributed by atoms with van der Waals surface area (Å²) in [6.07, 6.45) is 0. The Hall–Kier alpha value is -1.66. The summed E-state index contributed by atoms with van der Waals surface area (Å²) in [5.41, 5.74) is 1.47. The average molecular weight is 308 g/mol. The third-order valence-electron chi connectivity index (χ3n) is 3.99. The Morgan fingerprint density at radius 1 is 1.14 bits per heavy atom. The molecule has 5 nitrogen and oxygen atoms in total. The van der Waals surface area contributed by atoms with E-state index in [0.29, 0.717) is 5.69 Å². The van der Waals surface area contributed by atoms with Gasteiger partial charge in [-0.25, -0.2) is 9.38 Å². The first kappa shape index (κ1) is 13.0. The largest absolute Gasteiger partial charge is 0.351 e. The highest BCUT2D eigenvalue weighted by Crippen LogP contribution is 2.38. The number of benzene rings is 1. The molecule has 0 atom stereocenters. The van der Waals surface area contributed by atoms with Crippen molar-refractivity contribution in [2.75, 3.05) is 44.2 Å². The van der Waals surface area contributed by atoms with Gasteiger partial charge in [0.05, 0.1) is 22.9 Å². The first-order valence-electron chi connectivity index (χ1n) is 7.10. The average Bonchev–Trinajstić information content (AvgIpc) is 2.99. The fourth-order valence-corrected chi connectivity index (χ4v) is 3.12. The van der Waals surface area contributed by atoms with Crippen LogP contribution in [0.2, 0.25) is 5.02 Å². The maximum Gasteiger partial charge on any atom is 0.172 e. The Balaban J connectivity index is 1.82. The van der Waals surface area contributed by atoms with Crippen LogP contribution in [0.4, 0.5) is 15.8 Å². The fourth-order valence-electron chi connectivity index (χ4n) is 2.96. The molecule has 7 heteroatoms. The summed E-state index contributed by atoms with van der Waals surface area (Å²) in [5.74, 6) is 1.30. The van der Waals surface area contributed by atoms with E-state index in [1.165, 1.54) is 6.07 Å². The monoisotopic (exact) mass is 307 g/mol. The molecule has 0 saturated carbocycles. The minimum atomic E-state index is -0.432. The Kier molecular flexibility index (Phi) is 3.08. The van der Waals surface area contributed by atoms with Crippen LogP contribution < -0.4 is 10.2 Å². The summed E-state index contributed by atoms with van der Waals surface area (Å²) >= 11 is 5.91. The van der Waals surface area contributed by atoms with Crippen molar-refractivity contribution < 1.29 is 4.39 Å². The molecule has 0 spiro atoms. The molecule has 1 aromatic rings. The molecule has 3 heterocycles. The van der Waals surface area contributed by atoms with Gasteiger partial charge in [-0.15, -0.1) is 0 Å². The van der Waals surface area contributed by atoms with Gasteiger partial charge in [0.2, 0.25) is 0 Å². The maximum atomic E-state index is 13.7. The van der Waals surface area contributed by atoms with Gasteiger partial charge in [-0.3, -0.25) is 4.99 Å². The molecule has 4 rings (SSSR count). The Bertz CT molecular complexity index is 651. The molecular weight excluding hydrogens is 293 g/mol. The van der Waals surface area contributed by atoms with Gasteiger partial charge in [-0.1, -0.05) is 11.6 Å². The van der Waals surface area contributed by atoms with Crippen LogP contribution in [0.1, 0.15) is 0 Å². The van der Waals surface area contributed by atoms with Gasteiger partial charge in [0.15, 0.2) is 11.7 Å². The number of hydrogen-bond donors (Lipinski definition) is 1. The van der Waals surface area contributed by atoms with Gasteiger partial charge in [-0.2, -0.15) is 0 Å². The van der Waals surface area contributed by atoms with Crippen molar-refractivity contribution in [3.8, 4) is 0 Å². The molecular formula is C14H15ClFN5. The molecule has 3 aliphatic rings. The first-order valence-corrected chi connectivity index (χ1v) is 7.47. The van der Waals surface area contributed by atoms with E-state index in [4.69, 9.17) is 11.6 Å². The molecule has 3 aliphatic heterocycles. The van der Waals surface area contributed by atoms with Crippen LogP contribution in [0.15, 0.2) is 22.1 Å². The number of rotatable bonds is 0. The van der Waals surface area contributed by atoms with Crippen molar-refractivity contribution >= 4 is 34.6 Å². The van der Waals surface area contributed by atoms with Crippen LogP contribution in [0.5, 0.6) is 0 Å². The summed E-state index contributed by atoms with van der Waals surface area (Å²) in [5, 5.41) is 3.45. The summed E-state index contributed by atoms with van der Waals surface area (Å²) in [7, 11) is 0. The fraction of sp³-hybridized carbons (Fsp3) is 0.429. The molecule has 0 amide bonds. The number of halogens is 2.